The van der Waals surface area contributed by atoms with Gasteiger partial charge < -0.3 is 20.2 Å². The van der Waals surface area contributed by atoms with Crippen LogP contribution >= 0.6 is 0 Å². The molecule has 1 rings (SSSR count). The summed E-state index contributed by atoms with van der Waals surface area (Å²) >= 11 is 0. The SMILES string of the molecule is CCCNC(C)(CO)CCN(C)CC1CCCN1C. The molecule has 0 aromatic rings. The molecule has 0 amide bonds. The van der Waals surface area contributed by atoms with Crippen LogP contribution in [0.5, 0.6) is 0 Å². The Balaban J connectivity index is 2.29. The minimum atomic E-state index is -0.133. The third-order valence-corrected chi connectivity index (χ3v) is 4.39. The van der Waals surface area contributed by atoms with Gasteiger partial charge in [-0.15, -0.1) is 0 Å². The van der Waals surface area contributed by atoms with Gasteiger partial charge in [-0.2, -0.15) is 0 Å². The van der Waals surface area contributed by atoms with Crippen LogP contribution in [0.2, 0.25) is 0 Å². The minimum Gasteiger partial charge on any atom is -0.394 e. The Hall–Kier alpha value is -0.160. The number of likely N-dealkylation sites (N-methyl/N-ethyl adjacent to an activating group) is 2. The van der Waals surface area contributed by atoms with Crippen LogP contribution in [0.15, 0.2) is 0 Å². The highest BCUT2D eigenvalue weighted by atomic mass is 16.3. The first kappa shape index (κ1) is 16.9. The van der Waals surface area contributed by atoms with Crippen molar-refractivity contribution in [3.63, 3.8) is 0 Å². The van der Waals surface area contributed by atoms with E-state index in [-0.39, 0.29) is 12.1 Å². The van der Waals surface area contributed by atoms with Gasteiger partial charge in [-0.25, -0.2) is 0 Å². The molecule has 0 aromatic heterocycles. The summed E-state index contributed by atoms with van der Waals surface area (Å²) in [6, 6.07) is 0.717. The third kappa shape index (κ3) is 5.78. The van der Waals surface area contributed by atoms with Crippen molar-refractivity contribution >= 4 is 0 Å². The van der Waals surface area contributed by atoms with Gasteiger partial charge in [0.05, 0.1) is 6.61 Å². The van der Waals surface area contributed by atoms with Gasteiger partial charge in [0.25, 0.3) is 0 Å². The number of nitrogens with zero attached hydrogens (tertiary/aromatic N) is 2. The highest BCUT2D eigenvalue weighted by Crippen LogP contribution is 2.16. The number of hydrogen-bond acceptors (Lipinski definition) is 4. The maximum absolute atomic E-state index is 9.56. The molecule has 1 fully saturated rings. The zero-order valence-corrected chi connectivity index (χ0v) is 13.3. The predicted molar refractivity (Wildman–Crippen MR) is 81.6 cm³/mol. The Kier molecular flexibility index (Phi) is 7.29. The van der Waals surface area contributed by atoms with Gasteiger partial charge >= 0.3 is 0 Å². The molecule has 0 aliphatic carbocycles. The summed E-state index contributed by atoms with van der Waals surface area (Å²) in [6.07, 6.45) is 4.77. The van der Waals surface area contributed by atoms with Gasteiger partial charge in [0.1, 0.15) is 0 Å². The van der Waals surface area contributed by atoms with E-state index in [9.17, 15) is 5.11 Å². The summed E-state index contributed by atoms with van der Waals surface area (Å²) in [7, 11) is 4.43. The molecule has 1 heterocycles. The van der Waals surface area contributed by atoms with E-state index >= 15 is 0 Å². The number of nitrogens with one attached hydrogen (secondary N) is 1. The predicted octanol–water partition coefficient (Wildman–Crippen LogP) is 1.15. The Bertz CT molecular complexity index is 250. The second-order valence-electron chi connectivity index (χ2n) is 6.43. The number of rotatable bonds is 9. The van der Waals surface area contributed by atoms with Crippen LogP contribution in [0, 0.1) is 0 Å². The Morgan fingerprint density at radius 3 is 2.74 bits per heavy atom. The van der Waals surface area contributed by atoms with E-state index in [1.807, 2.05) is 0 Å². The molecule has 19 heavy (non-hydrogen) atoms. The van der Waals surface area contributed by atoms with Crippen LogP contribution in [0.1, 0.15) is 39.5 Å². The van der Waals surface area contributed by atoms with E-state index in [0.29, 0.717) is 6.04 Å². The Labute approximate surface area is 119 Å². The molecule has 1 saturated heterocycles. The van der Waals surface area contributed by atoms with Crippen molar-refractivity contribution in [1.29, 1.82) is 0 Å². The highest BCUT2D eigenvalue weighted by molar-refractivity contribution is 4.84. The summed E-state index contributed by atoms with van der Waals surface area (Å²) in [4.78, 5) is 4.88. The van der Waals surface area contributed by atoms with E-state index in [1.165, 1.54) is 19.4 Å². The van der Waals surface area contributed by atoms with Crippen molar-refractivity contribution < 1.29 is 5.11 Å². The molecule has 1 aliphatic rings. The van der Waals surface area contributed by atoms with Crippen molar-refractivity contribution in [2.45, 2.75) is 51.1 Å². The van der Waals surface area contributed by atoms with Crippen LogP contribution in [0.4, 0.5) is 0 Å². The van der Waals surface area contributed by atoms with E-state index in [0.717, 1.165) is 32.5 Å². The molecular weight excluding hydrogens is 238 g/mol. The van der Waals surface area contributed by atoms with Crippen LogP contribution in [-0.4, -0.2) is 73.4 Å². The summed E-state index contributed by atoms with van der Waals surface area (Å²) in [5, 5.41) is 13.0. The monoisotopic (exact) mass is 271 g/mol. The number of likely N-dealkylation sites (tertiary alicyclic amines) is 1. The zero-order chi connectivity index (χ0) is 14.3. The number of aliphatic hydroxyl groups is 1. The van der Waals surface area contributed by atoms with Crippen molar-refractivity contribution in [1.82, 2.24) is 15.1 Å². The van der Waals surface area contributed by atoms with Crippen molar-refractivity contribution in [2.24, 2.45) is 0 Å². The molecule has 0 aromatic carbocycles. The molecule has 2 unspecified atom stereocenters. The topological polar surface area (TPSA) is 38.7 Å². The summed E-state index contributed by atoms with van der Waals surface area (Å²) in [5.41, 5.74) is -0.133. The van der Waals surface area contributed by atoms with E-state index in [1.54, 1.807) is 0 Å². The molecule has 0 saturated carbocycles. The van der Waals surface area contributed by atoms with Crippen molar-refractivity contribution in [3.8, 4) is 0 Å². The zero-order valence-electron chi connectivity index (χ0n) is 13.3. The van der Waals surface area contributed by atoms with Crippen molar-refractivity contribution in [3.05, 3.63) is 0 Å². The average Bonchev–Trinajstić information content (AvgIpc) is 2.80. The second kappa shape index (κ2) is 8.20. The van der Waals surface area contributed by atoms with Gasteiger partial charge in [0.15, 0.2) is 0 Å². The van der Waals surface area contributed by atoms with Crippen molar-refractivity contribution in [2.75, 3.05) is 46.9 Å². The lowest BCUT2D eigenvalue weighted by Crippen LogP contribution is -2.48. The fourth-order valence-electron chi connectivity index (χ4n) is 2.75. The van der Waals surface area contributed by atoms with E-state index < -0.39 is 0 Å². The first-order valence-corrected chi connectivity index (χ1v) is 7.75. The standard InChI is InChI=1S/C15H33N3O/c1-5-9-16-15(2,13-19)8-11-17(3)12-14-7-6-10-18(14)4/h14,16,19H,5-13H2,1-4H3. The molecule has 0 bridgehead atoms. The molecule has 2 N–H and O–H groups in total. The fraction of sp³-hybridized carbons (Fsp3) is 1.00. The summed E-state index contributed by atoms with van der Waals surface area (Å²) in [5.74, 6) is 0. The third-order valence-electron chi connectivity index (χ3n) is 4.39. The summed E-state index contributed by atoms with van der Waals surface area (Å²) in [6.45, 7) is 8.90. The average molecular weight is 271 g/mol. The van der Waals surface area contributed by atoms with Crippen LogP contribution in [0.25, 0.3) is 0 Å². The fourth-order valence-corrected chi connectivity index (χ4v) is 2.75. The molecule has 1 aliphatic heterocycles. The van der Waals surface area contributed by atoms with Gasteiger partial charge in [0.2, 0.25) is 0 Å². The first-order valence-electron chi connectivity index (χ1n) is 7.75. The largest absolute Gasteiger partial charge is 0.394 e. The van der Waals surface area contributed by atoms with Crippen LogP contribution < -0.4 is 5.32 Å². The van der Waals surface area contributed by atoms with E-state index in [2.05, 4.69) is 43.1 Å². The molecule has 2 atom stereocenters. The molecule has 114 valence electrons. The molecule has 0 spiro atoms. The lowest BCUT2D eigenvalue weighted by molar-refractivity contribution is 0.143. The smallest absolute Gasteiger partial charge is 0.0611 e. The van der Waals surface area contributed by atoms with Crippen LogP contribution in [-0.2, 0) is 0 Å². The molecule has 4 nitrogen and oxygen atoms in total. The van der Waals surface area contributed by atoms with Gasteiger partial charge in [-0.05, 0) is 66.3 Å². The minimum absolute atomic E-state index is 0.133. The maximum Gasteiger partial charge on any atom is 0.0611 e. The van der Waals surface area contributed by atoms with Gasteiger partial charge in [-0.3, -0.25) is 0 Å². The lowest BCUT2D eigenvalue weighted by Gasteiger charge is -2.32. The number of hydrogen-bond donors (Lipinski definition) is 2. The van der Waals surface area contributed by atoms with E-state index in [4.69, 9.17) is 0 Å². The molecular formula is C15H33N3O. The Morgan fingerprint density at radius 1 is 1.47 bits per heavy atom. The first-order chi connectivity index (χ1) is 9.00. The van der Waals surface area contributed by atoms with Gasteiger partial charge in [0, 0.05) is 18.1 Å². The highest BCUT2D eigenvalue weighted by Gasteiger charge is 2.25. The molecule has 4 heteroatoms. The number of aliphatic hydroxyl groups excluding tert-OH is 1. The van der Waals surface area contributed by atoms with Crippen LogP contribution in [0.3, 0.4) is 0 Å². The van der Waals surface area contributed by atoms with Gasteiger partial charge in [-0.1, -0.05) is 6.92 Å². The summed E-state index contributed by atoms with van der Waals surface area (Å²) < 4.78 is 0. The quantitative estimate of drug-likeness (QED) is 0.660. The second-order valence-corrected chi connectivity index (χ2v) is 6.43. The normalized spacial score (nSPS) is 24.0. The maximum atomic E-state index is 9.56. The lowest BCUT2D eigenvalue weighted by atomic mass is 9.98. The molecule has 0 radical (unpaired) electrons. The Morgan fingerprint density at radius 2 is 2.21 bits per heavy atom.